The number of nitrogens with two attached hydrogens (primary N) is 1. The van der Waals surface area contributed by atoms with Crippen molar-refractivity contribution in [2.24, 2.45) is 5.73 Å². The van der Waals surface area contributed by atoms with Gasteiger partial charge >= 0.3 is 0 Å². The molecule has 1 aromatic heterocycles. The number of aromatic nitrogens is 1. The van der Waals surface area contributed by atoms with Crippen molar-refractivity contribution in [3.05, 3.63) is 23.0 Å². The first-order valence-corrected chi connectivity index (χ1v) is 3.59. The molecule has 0 aliphatic heterocycles. The number of nitrogens with one attached hydrogen (secondary N) is 1. The number of hydrogen-bond acceptors (Lipinski definition) is 1. The molecular weight excluding hydrogens is 124 g/mol. The Morgan fingerprint density at radius 2 is 2.20 bits per heavy atom. The summed E-state index contributed by atoms with van der Waals surface area (Å²) in [4.78, 5) is 3.17. The number of aryl methyl sites for hydroxylation is 2. The predicted molar refractivity (Wildman–Crippen MR) is 43.0 cm³/mol. The standard InChI is InChI=1S/C8H14N2/c1-6-5-10-7(2)8(6)3-4-9/h5,10H,3-4,9H2,1-2H3. The van der Waals surface area contributed by atoms with Gasteiger partial charge < -0.3 is 10.7 Å². The van der Waals surface area contributed by atoms with Crippen LogP contribution in [0.4, 0.5) is 0 Å². The minimum atomic E-state index is 0.736. The minimum absolute atomic E-state index is 0.736. The molecule has 0 saturated heterocycles. The predicted octanol–water partition coefficient (Wildman–Crippen LogP) is 1.13. The van der Waals surface area contributed by atoms with Gasteiger partial charge in [-0.25, -0.2) is 0 Å². The van der Waals surface area contributed by atoms with E-state index in [1.54, 1.807) is 0 Å². The third-order valence-corrected chi connectivity index (χ3v) is 1.83. The summed E-state index contributed by atoms with van der Waals surface area (Å²) in [5, 5.41) is 0. The summed E-state index contributed by atoms with van der Waals surface area (Å²) in [6.45, 7) is 4.92. The second-order valence-electron chi connectivity index (χ2n) is 2.61. The van der Waals surface area contributed by atoms with Gasteiger partial charge in [-0.3, -0.25) is 0 Å². The van der Waals surface area contributed by atoms with E-state index in [4.69, 9.17) is 5.73 Å². The first-order chi connectivity index (χ1) is 4.75. The molecule has 1 aromatic rings. The SMILES string of the molecule is Cc1c[nH]c(C)c1CCN. The number of hydrogen-bond donors (Lipinski definition) is 2. The summed E-state index contributed by atoms with van der Waals surface area (Å²) in [6.07, 6.45) is 3.02. The van der Waals surface area contributed by atoms with Crippen molar-refractivity contribution >= 4 is 0 Å². The van der Waals surface area contributed by atoms with E-state index in [1.807, 2.05) is 6.20 Å². The van der Waals surface area contributed by atoms with E-state index in [0.717, 1.165) is 13.0 Å². The lowest BCUT2D eigenvalue weighted by Crippen LogP contribution is -2.03. The first-order valence-electron chi connectivity index (χ1n) is 3.59. The Bertz CT molecular complexity index is 194. The van der Waals surface area contributed by atoms with Crippen LogP contribution in [0.1, 0.15) is 16.8 Å². The topological polar surface area (TPSA) is 41.8 Å². The van der Waals surface area contributed by atoms with E-state index in [1.165, 1.54) is 16.8 Å². The van der Waals surface area contributed by atoms with Crippen LogP contribution in [0.15, 0.2) is 6.20 Å². The van der Waals surface area contributed by atoms with Crippen molar-refractivity contribution in [1.29, 1.82) is 0 Å². The molecule has 0 saturated carbocycles. The lowest BCUT2D eigenvalue weighted by Gasteiger charge is -1.97. The Balaban J connectivity index is 2.87. The monoisotopic (exact) mass is 138 g/mol. The van der Waals surface area contributed by atoms with Crippen molar-refractivity contribution in [3.8, 4) is 0 Å². The zero-order valence-corrected chi connectivity index (χ0v) is 6.57. The molecule has 0 aliphatic rings. The van der Waals surface area contributed by atoms with Crippen molar-refractivity contribution in [2.45, 2.75) is 20.3 Å². The largest absolute Gasteiger partial charge is 0.365 e. The molecule has 3 N–H and O–H groups in total. The van der Waals surface area contributed by atoms with Crippen molar-refractivity contribution in [2.75, 3.05) is 6.54 Å². The van der Waals surface area contributed by atoms with Crippen LogP contribution in [-0.2, 0) is 6.42 Å². The zero-order chi connectivity index (χ0) is 7.56. The number of aromatic amines is 1. The van der Waals surface area contributed by atoms with E-state index >= 15 is 0 Å². The first kappa shape index (κ1) is 7.35. The smallest absolute Gasteiger partial charge is 0.0151 e. The molecule has 0 unspecified atom stereocenters. The van der Waals surface area contributed by atoms with Crippen LogP contribution in [-0.4, -0.2) is 11.5 Å². The fourth-order valence-electron chi connectivity index (χ4n) is 1.22. The van der Waals surface area contributed by atoms with Gasteiger partial charge in [-0.15, -0.1) is 0 Å². The van der Waals surface area contributed by atoms with Gasteiger partial charge in [-0.1, -0.05) is 0 Å². The molecule has 2 nitrogen and oxygen atoms in total. The normalized spacial score (nSPS) is 10.3. The van der Waals surface area contributed by atoms with Crippen molar-refractivity contribution in [3.63, 3.8) is 0 Å². The van der Waals surface area contributed by atoms with Crippen LogP contribution in [0, 0.1) is 13.8 Å². The molecule has 0 spiro atoms. The van der Waals surface area contributed by atoms with E-state index < -0.39 is 0 Å². The molecule has 0 fully saturated rings. The Hall–Kier alpha value is -0.760. The van der Waals surface area contributed by atoms with Crippen molar-refractivity contribution in [1.82, 2.24) is 4.98 Å². The highest BCUT2D eigenvalue weighted by Gasteiger charge is 2.01. The van der Waals surface area contributed by atoms with Gasteiger partial charge in [0.15, 0.2) is 0 Å². The third-order valence-electron chi connectivity index (χ3n) is 1.83. The maximum Gasteiger partial charge on any atom is 0.0151 e. The lowest BCUT2D eigenvalue weighted by atomic mass is 10.1. The molecular formula is C8H14N2. The molecule has 0 aliphatic carbocycles. The fraction of sp³-hybridized carbons (Fsp3) is 0.500. The Morgan fingerprint density at radius 1 is 1.50 bits per heavy atom. The van der Waals surface area contributed by atoms with E-state index in [2.05, 4.69) is 18.8 Å². The summed E-state index contributed by atoms with van der Waals surface area (Å²) in [6, 6.07) is 0. The highest BCUT2D eigenvalue weighted by atomic mass is 14.7. The second-order valence-corrected chi connectivity index (χ2v) is 2.61. The Morgan fingerprint density at radius 3 is 2.60 bits per heavy atom. The molecule has 0 bridgehead atoms. The number of H-pyrrole nitrogens is 1. The van der Waals surface area contributed by atoms with E-state index in [9.17, 15) is 0 Å². The molecule has 56 valence electrons. The Kier molecular flexibility index (Phi) is 2.12. The van der Waals surface area contributed by atoms with Crippen LogP contribution in [0.2, 0.25) is 0 Å². The van der Waals surface area contributed by atoms with Crippen LogP contribution in [0.3, 0.4) is 0 Å². The minimum Gasteiger partial charge on any atom is -0.365 e. The lowest BCUT2D eigenvalue weighted by molar-refractivity contribution is 0.949. The van der Waals surface area contributed by atoms with Gasteiger partial charge in [-0.2, -0.15) is 0 Å². The quantitative estimate of drug-likeness (QED) is 0.632. The summed E-state index contributed by atoms with van der Waals surface area (Å²) in [5.41, 5.74) is 9.40. The molecule has 2 heteroatoms. The van der Waals surface area contributed by atoms with Crippen LogP contribution in [0.25, 0.3) is 0 Å². The highest BCUT2D eigenvalue weighted by Crippen LogP contribution is 2.11. The zero-order valence-electron chi connectivity index (χ0n) is 6.57. The average molecular weight is 138 g/mol. The maximum absolute atomic E-state index is 5.44. The highest BCUT2D eigenvalue weighted by molar-refractivity contribution is 5.28. The third kappa shape index (κ3) is 1.21. The molecule has 1 heterocycles. The van der Waals surface area contributed by atoms with Gasteiger partial charge in [0.25, 0.3) is 0 Å². The number of rotatable bonds is 2. The van der Waals surface area contributed by atoms with Gasteiger partial charge in [0.1, 0.15) is 0 Å². The molecule has 10 heavy (non-hydrogen) atoms. The molecule has 0 radical (unpaired) electrons. The fourth-order valence-corrected chi connectivity index (χ4v) is 1.22. The molecule has 0 amide bonds. The van der Waals surface area contributed by atoms with Crippen LogP contribution in [0.5, 0.6) is 0 Å². The Labute approximate surface area is 61.4 Å². The molecule has 1 rings (SSSR count). The van der Waals surface area contributed by atoms with Crippen LogP contribution >= 0.6 is 0 Å². The van der Waals surface area contributed by atoms with E-state index in [-0.39, 0.29) is 0 Å². The summed E-state index contributed by atoms with van der Waals surface area (Å²) in [5.74, 6) is 0. The maximum atomic E-state index is 5.44. The van der Waals surface area contributed by atoms with Gasteiger partial charge in [0.05, 0.1) is 0 Å². The van der Waals surface area contributed by atoms with Crippen LogP contribution < -0.4 is 5.73 Å². The molecule has 0 aromatic carbocycles. The van der Waals surface area contributed by atoms with Gasteiger partial charge in [0, 0.05) is 11.9 Å². The van der Waals surface area contributed by atoms with Gasteiger partial charge in [-0.05, 0) is 37.9 Å². The summed E-state index contributed by atoms with van der Waals surface area (Å²) < 4.78 is 0. The summed E-state index contributed by atoms with van der Waals surface area (Å²) in [7, 11) is 0. The second kappa shape index (κ2) is 2.88. The molecule has 0 atom stereocenters. The average Bonchev–Trinajstić information content (AvgIpc) is 2.20. The van der Waals surface area contributed by atoms with E-state index in [0.29, 0.717) is 0 Å². The van der Waals surface area contributed by atoms with Gasteiger partial charge in [0.2, 0.25) is 0 Å². The summed E-state index contributed by atoms with van der Waals surface area (Å²) >= 11 is 0. The van der Waals surface area contributed by atoms with Crippen molar-refractivity contribution < 1.29 is 0 Å².